The highest BCUT2D eigenvalue weighted by Gasteiger charge is 2.34. The van der Waals surface area contributed by atoms with E-state index in [0.717, 1.165) is 31.7 Å². The Morgan fingerprint density at radius 2 is 1.81 bits per heavy atom. The Morgan fingerprint density at radius 3 is 2.48 bits per heavy atom. The van der Waals surface area contributed by atoms with Crippen LogP contribution in [-0.4, -0.2) is 25.7 Å². The van der Waals surface area contributed by atoms with E-state index in [1.54, 1.807) is 0 Å². The van der Waals surface area contributed by atoms with Gasteiger partial charge in [0.05, 0.1) is 6.54 Å². The van der Waals surface area contributed by atoms with Crippen LogP contribution in [-0.2, 0) is 10.2 Å². The van der Waals surface area contributed by atoms with Crippen LogP contribution in [0.25, 0.3) is 0 Å². The number of guanidine groups is 1. The summed E-state index contributed by atoms with van der Waals surface area (Å²) < 4.78 is 5.59. The van der Waals surface area contributed by atoms with Crippen LogP contribution in [0.1, 0.15) is 43.7 Å². The van der Waals surface area contributed by atoms with Gasteiger partial charge >= 0.3 is 0 Å². The monoisotopic (exact) mass is 479 g/mol. The Hall–Kier alpha value is -1.60. The molecule has 0 aliphatic carbocycles. The molecule has 0 spiro atoms. The van der Waals surface area contributed by atoms with E-state index in [0.29, 0.717) is 18.4 Å². The third-order valence-corrected chi connectivity index (χ3v) is 5.21. The van der Waals surface area contributed by atoms with E-state index < -0.39 is 0 Å². The van der Waals surface area contributed by atoms with Crippen molar-refractivity contribution in [3.05, 3.63) is 65.7 Å². The summed E-state index contributed by atoms with van der Waals surface area (Å²) in [4.78, 5) is 4.69. The van der Waals surface area contributed by atoms with E-state index in [4.69, 9.17) is 15.5 Å². The molecular weight excluding hydrogens is 449 g/mol. The first-order chi connectivity index (χ1) is 12.6. The fraction of sp³-hybridized carbons (Fsp3) is 0.409. The molecule has 1 saturated heterocycles. The van der Waals surface area contributed by atoms with Crippen LogP contribution in [0.2, 0.25) is 0 Å². The number of anilines is 1. The number of nitrogens with zero attached hydrogens (tertiary/aromatic N) is 1. The summed E-state index contributed by atoms with van der Waals surface area (Å²) in [7, 11) is 0. The van der Waals surface area contributed by atoms with Crippen LogP contribution in [0, 0.1) is 0 Å². The quantitative estimate of drug-likeness (QED) is 0.364. The molecule has 0 radical (unpaired) electrons. The van der Waals surface area contributed by atoms with E-state index in [1.807, 2.05) is 6.07 Å². The second kappa shape index (κ2) is 10.1. The van der Waals surface area contributed by atoms with Gasteiger partial charge in [-0.05, 0) is 42.0 Å². The molecule has 4 nitrogen and oxygen atoms in total. The van der Waals surface area contributed by atoms with Crippen molar-refractivity contribution < 1.29 is 4.74 Å². The summed E-state index contributed by atoms with van der Waals surface area (Å²) >= 11 is 0. The Bertz CT molecular complexity index is 740. The normalized spacial score (nSPS) is 16.6. The first kappa shape index (κ1) is 21.7. The van der Waals surface area contributed by atoms with Crippen molar-refractivity contribution in [3.63, 3.8) is 0 Å². The number of hydrogen-bond acceptors (Lipinski definition) is 2. The maximum absolute atomic E-state index is 6.19. The maximum atomic E-state index is 6.19. The van der Waals surface area contributed by atoms with Gasteiger partial charge in [-0.1, -0.05) is 56.3 Å². The molecule has 1 fully saturated rings. The van der Waals surface area contributed by atoms with Gasteiger partial charge in [-0.3, -0.25) is 4.99 Å². The summed E-state index contributed by atoms with van der Waals surface area (Å²) in [5.41, 5.74) is 9.79. The molecule has 3 N–H and O–H groups in total. The largest absolute Gasteiger partial charge is 0.381 e. The molecule has 1 heterocycles. The number of aliphatic imine (C=N–C) groups is 1. The molecule has 2 aromatic rings. The van der Waals surface area contributed by atoms with Crippen molar-refractivity contribution in [2.45, 2.75) is 38.0 Å². The molecular formula is C22H30IN3O. The lowest BCUT2D eigenvalue weighted by molar-refractivity contribution is 0.0531. The van der Waals surface area contributed by atoms with E-state index in [9.17, 15) is 0 Å². The van der Waals surface area contributed by atoms with E-state index in [1.165, 1.54) is 11.1 Å². The van der Waals surface area contributed by atoms with Crippen LogP contribution in [0.4, 0.5) is 5.69 Å². The molecule has 5 heteroatoms. The van der Waals surface area contributed by atoms with Crippen LogP contribution in [0.5, 0.6) is 0 Å². The Balaban J connectivity index is 0.00000261. The van der Waals surface area contributed by atoms with Gasteiger partial charge in [-0.25, -0.2) is 0 Å². The predicted octanol–water partition coefficient (Wildman–Crippen LogP) is 4.90. The molecule has 0 saturated carbocycles. The minimum atomic E-state index is 0. The third-order valence-electron chi connectivity index (χ3n) is 5.21. The third kappa shape index (κ3) is 5.69. The van der Waals surface area contributed by atoms with Gasteiger partial charge < -0.3 is 15.8 Å². The van der Waals surface area contributed by atoms with Crippen LogP contribution in [0.3, 0.4) is 0 Å². The van der Waals surface area contributed by atoms with Gasteiger partial charge in [0.15, 0.2) is 5.96 Å². The van der Waals surface area contributed by atoms with Gasteiger partial charge in [0.2, 0.25) is 0 Å². The molecule has 0 aromatic heterocycles. The average Bonchev–Trinajstić information content (AvgIpc) is 2.68. The molecule has 1 aliphatic rings. The second-order valence-corrected chi connectivity index (χ2v) is 7.37. The molecule has 0 unspecified atom stereocenters. The summed E-state index contributed by atoms with van der Waals surface area (Å²) in [5, 5.41) is 3.24. The Kier molecular flexibility index (Phi) is 8.10. The number of nitrogens with one attached hydrogen (secondary N) is 1. The summed E-state index contributed by atoms with van der Waals surface area (Å²) in [5.74, 6) is 0.950. The molecule has 0 atom stereocenters. The Labute approximate surface area is 179 Å². The van der Waals surface area contributed by atoms with E-state index in [2.05, 4.69) is 67.7 Å². The highest BCUT2D eigenvalue weighted by Crippen LogP contribution is 2.35. The number of benzene rings is 2. The van der Waals surface area contributed by atoms with Gasteiger partial charge in [0.1, 0.15) is 0 Å². The lowest BCUT2D eigenvalue weighted by atomic mass is 9.74. The summed E-state index contributed by atoms with van der Waals surface area (Å²) in [6.07, 6.45) is 1.94. The first-order valence-corrected chi connectivity index (χ1v) is 9.39. The highest BCUT2D eigenvalue weighted by molar-refractivity contribution is 14.0. The van der Waals surface area contributed by atoms with Crippen molar-refractivity contribution in [2.24, 2.45) is 10.7 Å². The topological polar surface area (TPSA) is 59.6 Å². The van der Waals surface area contributed by atoms with Gasteiger partial charge in [-0.15, -0.1) is 24.0 Å². The molecule has 0 amide bonds. The Morgan fingerprint density at radius 1 is 1.11 bits per heavy atom. The molecule has 0 bridgehead atoms. The lowest BCUT2D eigenvalue weighted by Crippen LogP contribution is -2.38. The minimum Gasteiger partial charge on any atom is -0.381 e. The fourth-order valence-electron chi connectivity index (χ4n) is 3.49. The summed E-state index contributed by atoms with van der Waals surface area (Å²) in [6, 6.07) is 19.0. The predicted molar refractivity (Wildman–Crippen MR) is 124 cm³/mol. The van der Waals surface area contributed by atoms with Crippen molar-refractivity contribution in [1.82, 2.24) is 0 Å². The van der Waals surface area contributed by atoms with Crippen LogP contribution < -0.4 is 11.1 Å². The van der Waals surface area contributed by atoms with E-state index in [-0.39, 0.29) is 29.4 Å². The molecule has 27 heavy (non-hydrogen) atoms. The molecule has 3 rings (SSSR count). The SMILES string of the molecule is CC(C)c1cccc(NC(N)=NCC2(c3ccccc3)CCOCC2)c1.I. The zero-order valence-electron chi connectivity index (χ0n) is 16.2. The van der Waals surface area contributed by atoms with Crippen molar-refractivity contribution >= 4 is 35.6 Å². The van der Waals surface area contributed by atoms with E-state index >= 15 is 0 Å². The zero-order valence-corrected chi connectivity index (χ0v) is 18.5. The van der Waals surface area contributed by atoms with Gasteiger partial charge in [-0.2, -0.15) is 0 Å². The average molecular weight is 479 g/mol. The highest BCUT2D eigenvalue weighted by atomic mass is 127. The molecule has 2 aromatic carbocycles. The minimum absolute atomic E-state index is 0. The first-order valence-electron chi connectivity index (χ1n) is 9.39. The van der Waals surface area contributed by atoms with Crippen LogP contribution in [0.15, 0.2) is 59.6 Å². The van der Waals surface area contributed by atoms with Crippen molar-refractivity contribution in [3.8, 4) is 0 Å². The maximum Gasteiger partial charge on any atom is 0.193 e. The van der Waals surface area contributed by atoms with Crippen molar-refractivity contribution in [2.75, 3.05) is 25.1 Å². The summed E-state index contributed by atoms with van der Waals surface area (Å²) in [6.45, 7) is 6.59. The van der Waals surface area contributed by atoms with Crippen LogP contribution >= 0.6 is 24.0 Å². The standard InChI is InChI=1S/C22H29N3O.HI/c1-17(2)18-7-6-10-20(15-18)25-21(23)24-16-22(11-13-26-14-12-22)19-8-4-3-5-9-19;/h3-10,15,17H,11-14,16H2,1-2H3,(H3,23,24,25);1H. The second-order valence-electron chi connectivity index (χ2n) is 7.37. The number of rotatable bonds is 5. The van der Waals surface area contributed by atoms with Gasteiger partial charge in [0, 0.05) is 24.3 Å². The number of ether oxygens (including phenoxy) is 1. The number of nitrogens with two attached hydrogens (primary N) is 1. The molecule has 1 aliphatic heterocycles. The number of halogens is 1. The van der Waals surface area contributed by atoms with Gasteiger partial charge in [0.25, 0.3) is 0 Å². The molecule has 146 valence electrons. The lowest BCUT2D eigenvalue weighted by Gasteiger charge is -2.36. The number of hydrogen-bond donors (Lipinski definition) is 2. The smallest absolute Gasteiger partial charge is 0.193 e. The zero-order chi connectivity index (χ0) is 18.4. The fourth-order valence-corrected chi connectivity index (χ4v) is 3.49. The van der Waals surface area contributed by atoms with Crippen molar-refractivity contribution in [1.29, 1.82) is 0 Å².